The predicted octanol–water partition coefficient (Wildman–Crippen LogP) is 3.47. The van der Waals surface area contributed by atoms with E-state index in [2.05, 4.69) is 36.1 Å². The molecule has 0 aromatic heterocycles. The molecule has 3 rings (SSSR count). The molecule has 0 bridgehead atoms. The number of carbonyl (C=O) groups is 1. The van der Waals surface area contributed by atoms with Gasteiger partial charge in [-0.25, -0.2) is 0 Å². The lowest BCUT2D eigenvalue weighted by atomic mass is 9.84. The summed E-state index contributed by atoms with van der Waals surface area (Å²) in [6.45, 7) is 2.94. The average molecular weight is 287 g/mol. The summed E-state index contributed by atoms with van der Waals surface area (Å²) in [4.78, 5) is 13.9. The number of carboxylic acid groups (broad SMARTS) is 1. The minimum atomic E-state index is -0.643. The van der Waals surface area contributed by atoms with E-state index < -0.39 is 5.97 Å². The smallest absolute Gasteiger partial charge is 0.320 e. The molecule has 3 heteroatoms. The van der Waals surface area contributed by atoms with E-state index in [4.69, 9.17) is 0 Å². The maximum atomic E-state index is 11.6. The van der Waals surface area contributed by atoms with Crippen LogP contribution in [0.5, 0.6) is 0 Å². The van der Waals surface area contributed by atoms with Gasteiger partial charge in [0.15, 0.2) is 0 Å². The van der Waals surface area contributed by atoms with E-state index in [1.165, 1.54) is 36.8 Å². The van der Waals surface area contributed by atoms with Gasteiger partial charge in [-0.15, -0.1) is 0 Å². The van der Waals surface area contributed by atoms with Gasteiger partial charge in [0, 0.05) is 12.6 Å². The minimum Gasteiger partial charge on any atom is -0.480 e. The van der Waals surface area contributed by atoms with Crippen LogP contribution in [0.2, 0.25) is 0 Å². The van der Waals surface area contributed by atoms with Crippen molar-refractivity contribution in [2.75, 3.05) is 0 Å². The molecule has 3 nitrogen and oxygen atoms in total. The average Bonchev–Trinajstić information content (AvgIpc) is 2.87. The van der Waals surface area contributed by atoms with Crippen LogP contribution in [0.15, 0.2) is 24.3 Å². The van der Waals surface area contributed by atoms with Gasteiger partial charge in [0.1, 0.15) is 6.04 Å². The van der Waals surface area contributed by atoms with E-state index in [-0.39, 0.29) is 6.04 Å². The predicted molar refractivity (Wildman–Crippen MR) is 83.1 cm³/mol. The number of hydrogen-bond donors (Lipinski definition) is 1. The van der Waals surface area contributed by atoms with Crippen LogP contribution in [0.25, 0.3) is 0 Å². The Bertz CT molecular complexity index is 514. The van der Waals surface area contributed by atoms with Crippen LogP contribution in [0.4, 0.5) is 0 Å². The Morgan fingerprint density at radius 3 is 2.81 bits per heavy atom. The Labute approximate surface area is 127 Å². The second kappa shape index (κ2) is 6.18. The molecule has 3 atom stereocenters. The van der Waals surface area contributed by atoms with Crippen molar-refractivity contribution < 1.29 is 9.90 Å². The summed E-state index contributed by atoms with van der Waals surface area (Å²) in [6, 6.07) is 8.79. The molecule has 0 spiro atoms. The summed E-state index contributed by atoms with van der Waals surface area (Å²) in [5.41, 5.74) is 2.59. The van der Waals surface area contributed by atoms with Crippen LogP contribution in [-0.4, -0.2) is 28.1 Å². The van der Waals surface area contributed by atoms with E-state index in [0.717, 1.165) is 19.4 Å². The van der Waals surface area contributed by atoms with E-state index in [1.54, 1.807) is 0 Å². The van der Waals surface area contributed by atoms with Gasteiger partial charge in [-0.1, -0.05) is 44.0 Å². The van der Waals surface area contributed by atoms with Crippen molar-refractivity contribution in [3.63, 3.8) is 0 Å². The quantitative estimate of drug-likeness (QED) is 0.922. The molecule has 1 saturated carbocycles. The van der Waals surface area contributed by atoms with E-state index in [0.29, 0.717) is 12.0 Å². The highest BCUT2D eigenvalue weighted by Crippen LogP contribution is 2.40. The largest absolute Gasteiger partial charge is 0.480 e. The maximum Gasteiger partial charge on any atom is 0.320 e. The zero-order valence-corrected chi connectivity index (χ0v) is 12.8. The third-order valence-corrected chi connectivity index (χ3v) is 5.27. The lowest BCUT2D eigenvalue weighted by Gasteiger charge is -2.33. The highest BCUT2D eigenvalue weighted by molar-refractivity contribution is 5.74. The van der Waals surface area contributed by atoms with Crippen LogP contribution in [-0.2, 0) is 17.8 Å². The fourth-order valence-corrected chi connectivity index (χ4v) is 4.18. The molecule has 114 valence electrons. The molecule has 1 aliphatic carbocycles. The summed E-state index contributed by atoms with van der Waals surface area (Å²) in [5.74, 6) is -0.0507. The van der Waals surface area contributed by atoms with E-state index in [9.17, 15) is 9.90 Å². The summed E-state index contributed by atoms with van der Waals surface area (Å²) in [7, 11) is 0. The van der Waals surface area contributed by atoms with Crippen molar-refractivity contribution in [3.05, 3.63) is 35.4 Å². The minimum absolute atomic E-state index is 0.289. The lowest BCUT2D eigenvalue weighted by Crippen LogP contribution is -2.41. The molecule has 0 radical (unpaired) electrons. The summed E-state index contributed by atoms with van der Waals surface area (Å²) < 4.78 is 0. The molecule has 1 saturated heterocycles. The van der Waals surface area contributed by atoms with Gasteiger partial charge in [-0.2, -0.15) is 0 Å². The van der Waals surface area contributed by atoms with Crippen molar-refractivity contribution in [3.8, 4) is 0 Å². The number of benzene rings is 1. The molecule has 0 amide bonds. The lowest BCUT2D eigenvalue weighted by molar-refractivity contribution is -0.142. The van der Waals surface area contributed by atoms with Crippen molar-refractivity contribution >= 4 is 5.97 Å². The van der Waals surface area contributed by atoms with Crippen LogP contribution < -0.4 is 0 Å². The second-order valence-electron chi connectivity index (χ2n) is 6.55. The Morgan fingerprint density at radius 2 is 2.05 bits per heavy atom. The molecule has 21 heavy (non-hydrogen) atoms. The van der Waals surface area contributed by atoms with E-state index in [1.807, 2.05) is 0 Å². The van der Waals surface area contributed by atoms with Crippen LogP contribution in [0.1, 0.15) is 50.2 Å². The summed E-state index contributed by atoms with van der Waals surface area (Å²) in [6.07, 6.45) is 6.77. The van der Waals surface area contributed by atoms with Gasteiger partial charge in [0.2, 0.25) is 0 Å². The molecular weight excluding hydrogens is 262 g/mol. The second-order valence-corrected chi connectivity index (χ2v) is 6.55. The molecule has 2 fully saturated rings. The fourth-order valence-electron chi connectivity index (χ4n) is 4.18. The first-order valence-electron chi connectivity index (χ1n) is 8.25. The Hall–Kier alpha value is -1.35. The van der Waals surface area contributed by atoms with Crippen LogP contribution in [0.3, 0.4) is 0 Å². The fraction of sp³-hybridized carbons (Fsp3) is 0.611. The number of rotatable bonds is 4. The van der Waals surface area contributed by atoms with Crippen LogP contribution in [0, 0.1) is 5.92 Å². The topological polar surface area (TPSA) is 40.5 Å². The Balaban J connectivity index is 1.81. The molecule has 1 aromatic carbocycles. The summed E-state index contributed by atoms with van der Waals surface area (Å²) >= 11 is 0. The van der Waals surface area contributed by atoms with Gasteiger partial charge < -0.3 is 5.11 Å². The molecular formula is C18H25NO2. The maximum absolute atomic E-state index is 11.6. The van der Waals surface area contributed by atoms with Crippen molar-refractivity contribution in [1.29, 1.82) is 0 Å². The van der Waals surface area contributed by atoms with Gasteiger partial charge in [0.25, 0.3) is 0 Å². The first-order valence-corrected chi connectivity index (χ1v) is 8.25. The van der Waals surface area contributed by atoms with Gasteiger partial charge in [-0.05, 0) is 42.7 Å². The molecule has 3 unspecified atom stereocenters. The number of likely N-dealkylation sites (tertiary alicyclic amines) is 1. The van der Waals surface area contributed by atoms with Gasteiger partial charge >= 0.3 is 5.97 Å². The Kier molecular flexibility index (Phi) is 4.29. The van der Waals surface area contributed by atoms with Crippen molar-refractivity contribution in [2.24, 2.45) is 5.92 Å². The van der Waals surface area contributed by atoms with Gasteiger partial charge in [0.05, 0.1) is 0 Å². The molecule has 1 N–H and O–H groups in total. The Morgan fingerprint density at radius 1 is 1.29 bits per heavy atom. The number of aryl methyl sites for hydroxylation is 1. The number of fused-ring (bicyclic) bond motifs is 1. The number of nitrogens with zero attached hydrogens (tertiary/aromatic N) is 1. The van der Waals surface area contributed by atoms with E-state index >= 15 is 0 Å². The standard InChI is InChI=1S/C18H25NO2/c1-2-13-6-5-7-14(10-13)12-19-16-9-4-3-8-15(16)11-17(19)18(20)21/h5-7,10,15-17H,2-4,8-9,11-12H2,1H3,(H,20,21). The van der Waals surface area contributed by atoms with Crippen LogP contribution >= 0.6 is 0 Å². The molecule has 1 aliphatic heterocycles. The first-order chi connectivity index (χ1) is 10.2. The zero-order valence-electron chi connectivity index (χ0n) is 12.8. The third-order valence-electron chi connectivity index (χ3n) is 5.27. The molecule has 1 aromatic rings. The highest BCUT2D eigenvalue weighted by Gasteiger charge is 2.44. The van der Waals surface area contributed by atoms with Crippen molar-refractivity contribution in [1.82, 2.24) is 4.90 Å². The molecule has 1 heterocycles. The number of hydrogen-bond acceptors (Lipinski definition) is 2. The monoisotopic (exact) mass is 287 g/mol. The normalized spacial score (nSPS) is 29.3. The van der Waals surface area contributed by atoms with Crippen molar-refractivity contribution in [2.45, 2.75) is 64.1 Å². The third kappa shape index (κ3) is 2.98. The number of aliphatic carboxylic acids is 1. The van der Waals surface area contributed by atoms with Gasteiger partial charge in [-0.3, -0.25) is 9.69 Å². The first kappa shape index (κ1) is 14.6. The SMILES string of the molecule is CCc1cccc(CN2C(C(=O)O)CC3CCCCC32)c1. The molecule has 2 aliphatic rings. The summed E-state index contributed by atoms with van der Waals surface area (Å²) in [5, 5.41) is 9.57. The zero-order chi connectivity index (χ0) is 14.8. The number of carboxylic acids is 1. The highest BCUT2D eigenvalue weighted by atomic mass is 16.4.